The van der Waals surface area contributed by atoms with Gasteiger partial charge >= 0.3 is 0 Å². The van der Waals surface area contributed by atoms with Crippen LogP contribution in [0, 0.1) is 11.3 Å². The third-order valence-electron chi connectivity index (χ3n) is 4.18. The number of nitrogens with zero attached hydrogens (tertiary/aromatic N) is 2. The highest BCUT2D eigenvalue weighted by Crippen LogP contribution is 2.33. The fourth-order valence-corrected chi connectivity index (χ4v) is 3.47. The predicted octanol–water partition coefficient (Wildman–Crippen LogP) is 4.12. The van der Waals surface area contributed by atoms with Crippen molar-refractivity contribution in [3.05, 3.63) is 66.4 Å². The lowest BCUT2D eigenvalue weighted by molar-refractivity contribution is -0.112. The van der Waals surface area contributed by atoms with E-state index >= 15 is 0 Å². The summed E-state index contributed by atoms with van der Waals surface area (Å²) in [6, 6.07) is 19.5. The number of nitriles is 1. The molecular weight excluding hydrogens is 368 g/mol. The summed E-state index contributed by atoms with van der Waals surface area (Å²) in [5.74, 6) is -0.418. The van der Waals surface area contributed by atoms with Crippen LogP contribution in [0.5, 0.6) is 0 Å². The number of anilines is 1. The molecule has 0 spiro atoms. The van der Waals surface area contributed by atoms with Crippen molar-refractivity contribution in [1.29, 1.82) is 5.26 Å². The molecule has 0 aliphatic heterocycles. The first kappa shape index (κ1) is 21.5. The second kappa shape index (κ2) is 11.9. The summed E-state index contributed by atoms with van der Waals surface area (Å²) in [5, 5.41) is 15.3. The standard InChI is InChI=1S/C22H26N4OS/c1-3-26(4-2)15-14-24-17-18(16-23)22(27)25-20-12-8-9-13-21(20)28-19-10-6-5-7-11-19/h5-13,17,24H,3-4,14-15H2,1-2H3,(H,25,27)/b18-17-. The van der Waals surface area contributed by atoms with Gasteiger partial charge in [-0.25, -0.2) is 0 Å². The van der Waals surface area contributed by atoms with E-state index in [0.29, 0.717) is 12.2 Å². The van der Waals surface area contributed by atoms with Gasteiger partial charge in [0.15, 0.2) is 0 Å². The van der Waals surface area contributed by atoms with Crippen LogP contribution in [0.2, 0.25) is 0 Å². The quantitative estimate of drug-likeness (QED) is 0.360. The topological polar surface area (TPSA) is 68.2 Å². The molecule has 0 aromatic heterocycles. The van der Waals surface area contributed by atoms with Crippen molar-refractivity contribution < 1.29 is 4.79 Å². The van der Waals surface area contributed by atoms with E-state index < -0.39 is 5.91 Å². The highest BCUT2D eigenvalue weighted by atomic mass is 32.2. The first-order chi connectivity index (χ1) is 13.7. The van der Waals surface area contributed by atoms with Crippen molar-refractivity contribution in [3.63, 3.8) is 0 Å². The normalized spacial score (nSPS) is 11.1. The molecule has 2 rings (SSSR count). The van der Waals surface area contributed by atoms with Crippen molar-refractivity contribution in [2.24, 2.45) is 0 Å². The molecule has 0 saturated heterocycles. The zero-order valence-corrected chi connectivity index (χ0v) is 17.1. The number of hydrogen-bond donors (Lipinski definition) is 2. The van der Waals surface area contributed by atoms with E-state index in [2.05, 4.69) is 29.4 Å². The smallest absolute Gasteiger partial charge is 0.267 e. The number of likely N-dealkylation sites (N-methyl/N-ethyl adjacent to an activating group) is 1. The minimum Gasteiger partial charge on any atom is -0.388 e. The van der Waals surface area contributed by atoms with Gasteiger partial charge in [-0.1, -0.05) is 55.9 Å². The summed E-state index contributed by atoms with van der Waals surface area (Å²) in [7, 11) is 0. The minimum atomic E-state index is -0.418. The van der Waals surface area contributed by atoms with Gasteiger partial charge in [-0.3, -0.25) is 4.79 Å². The zero-order valence-electron chi connectivity index (χ0n) is 16.3. The van der Waals surface area contributed by atoms with E-state index in [1.807, 2.05) is 60.7 Å². The van der Waals surface area contributed by atoms with Crippen LogP contribution in [-0.4, -0.2) is 37.0 Å². The van der Waals surface area contributed by atoms with Crippen molar-refractivity contribution >= 4 is 23.4 Å². The van der Waals surface area contributed by atoms with Gasteiger partial charge in [0.1, 0.15) is 11.6 Å². The molecule has 0 unspecified atom stereocenters. The lowest BCUT2D eigenvalue weighted by Gasteiger charge is -2.17. The fourth-order valence-electron chi connectivity index (χ4n) is 2.55. The average Bonchev–Trinajstić information content (AvgIpc) is 2.73. The Kier molecular flexibility index (Phi) is 9.13. The number of carbonyl (C=O) groups is 1. The SMILES string of the molecule is CCN(CC)CCN/C=C(/C#N)C(=O)Nc1ccccc1Sc1ccccc1. The lowest BCUT2D eigenvalue weighted by Crippen LogP contribution is -2.30. The molecule has 146 valence electrons. The van der Waals surface area contributed by atoms with Crippen LogP contribution in [0.15, 0.2) is 76.2 Å². The Morgan fingerprint density at radius 2 is 1.79 bits per heavy atom. The van der Waals surface area contributed by atoms with Gasteiger partial charge in [0.2, 0.25) is 0 Å². The van der Waals surface area contributed by atoms with Gasteiger partial charge in [-0.15, -0.1) is 0 Å². The molecule has 2 aromatic carbocycles. The van der Waals surface area contributed by atoms with Crippen LogP contribution in [0.3, 0.4) is 0 Å². The minimum absolute atomic E-state index is 0.0547. The molecular formula is C22H26N4OS. The number of rotatable bonds is 10. The first-order valence-electron chi connectivity index (χ1n) is 9.37. The first-order valence-corrected chi connectivity index (χ1v) is 10.2. The average molecular weight is 395 g/mol. The molecule has 0 radical (unpaired) electrons. The zero-order chi connectivity index (χ0) is 20.2. The van der Waals surface area contributed by atoms with Crippen molar-refractivity contribution in [2.45, 2.75) is 23.6 Å². The van der Waals surface area contributed by atoms with E-state index in [0.717, 1.165) is 29.4 Å². The third kappa shape index (κ3) is 6.76. The van der Waals surface area contributed by atoms with Crippen LogP contribution in [0.25, 0.3) is 0 Å². The van der Waals surface area contributed by atoms with Crippen LogP contribution < -0.4 is 10.6 Å². The summed E-state index contributed by atoms with van der Waals surface area (Å²) in [4.78, 5) is 16.8. The maximum absolute atomic E-state index is 12.5. The third-order valence-corrected chi connectivity index (χ3v) is 5.27. The Bertz CT molecular complexity index is 826. The molecule has 0 aliphatic rings. The summed E-state index contributed by atoms with van der Waals surface area (Å²) < 4.78 is 0. The second-order valence-electron chi connectivity index (χ2n) is 6.02. The molecule has 0 atom stereocenters. The molecule has 0 aliphatic carbocycles. The molecule has 0 fully saturated rings. The van der Waals surface area contributed by atoms with Gasteiger partial charge in [-0.2, -0.15) is 5.26 Å². The molecule has 0 heterocycles. The molecule has 2 aromatic rings. The van der Waals surface area contributed by atoms with Crippen LogP contribution in [0.1, 0.15) is 13.8 Å². The lowest BCUT2D eigenvalue weighted by atomic mass is 10.2. The largest absolute Gasteiger partial charge is 0.388 e. The Hall–Kier alpha value is -2.75. The van der Waals surface area contributed by atoms with Crippen molar-refractivity contribution in [3.8, 4) is 6.07 Å². The molecule has 6 heteroatoms. The maximum Gasteiger partial charge on any atom is 0.267 e. The highest BCUT2D eigenvalue weighted by molar-refractivity contribution is 7.99. The van der Waals surface area contributed by atoms with Gasteiger partial charge in [0.05, 0.1) is 5.69 Å². The second-order valence-corrected chi connectivity index (χ2v) is 7.13. The van der Waals surface area contributed by atoms with Crippen LogP contribution in [-0.2, 0) is 4.79 Å². The monoisotopic (exact) mass is 394 g/mol. The summed E-state index contributed by atoms with van der Waals surface area (Å²) >= 11 is 1.57. The van der Waals surface area contributed by atoms with E-state index in [4.69, 9.17) is 0 Å². The molecule has 2 N–H and O–H groups in total. The molecule has 0 bridgehead atoms. The number of benzene rings is 2. The Labute approximate surface area is 171 Å². The van der Waals surface area contributed by atoms with Crippen molar-refractivity contribution in [1.82, 2.24) is 10.2 Å². The van der Waals surface area contributed by atoms with Gasteiger partial charge in [0.25, 0.3) is 5.91 Å². The van der Waals surface area contributed by atoms with Gasteiger partial charge < -0.3 is 15.5 Å². The van der Waals surface area contributed by atoms with Gasteiger partial charge in [0, 0.05) is 29.1 Å². The highest BCUT2D eigenvalue weighted by Gasteiger charge is 2.12. The summed E-state index contributed by atoms with van der Waals surface area (Å²) in [6.45, 7) is 7.71. The Balaban J connectivity index is 2.00. The van der Waals surface area contributed by atoms with Crippen LogP contribution >= 0.6 is 11.8 Å². The van der Waals surface area contributed by atoms with E-state index in [1.165, 1.54) is 6.20 Å². The number of carbonyl (C=O) groups excluding carboxylic acids is 1. The number of amides is 1. The van der Waals surface area contributed by atoms with E-state index in [-0.39, 0.29) is 5.57 Å². The summed E-state index contributed by atoms with van der Waals surface area (Å²) in [5.41, 5.74) is 0.740. The predicted molar refractivity (Wildman–Crippen MR) is 115 cm³/mol. The van der Waals surface area contributed by atoms with Gasteiger partial charge in [-0.05, 0) is 37.4 Å². The maximum atomic E-state index is 12.5. The van der Waals surface area contributed by atoms with E-state index in [9.17, 15) is 10.1 Å². The number of hydrogen-bond acceptors (Lipinski definition) is 5. The number of para-hydroxylation sites is 1. The molecule has 5 nitrogen and oxygen atoms in total. The van der Waals surface area contributed by atoms with E-state index in [1.54, 1.807) is 11.8 Å². The fraction of sp³-hybridized carbons (Fsp3) is 0.273. The number of nitrogens with one attached hydrogen (secondary N) is 2. The Morgan fingerprint density at radius 3 is 2.46 bits per heavy atom. The van der Waals surface area contributed by atoms with Crippen molar-refractivity contribution in [2.75, 3.05) is 31.5 Å². The Morgan fingerprint density at radius 1 is 1.11 bits per heavy atom. The molecule has 28 heavy (non-hydrogen) atoms. The summed E-state index contributed by atoms with van der Waals surface area (Å²) in [6.07, 6.45) is 1.49. The molecule has 0 saturated carbocycles. The van der Waals surface area contributed by atoms with Crippen LogP contribution in [0.4, 0.5) is 5.69 Å². The molecule has 1 amide bonds.